The molecule has 10 nitrogen and oxygen atoms in total. The summed E-state index contributed by atoms with van der Waals surface area (Å²) in [5.74, 6) is -1.16. The van der Waals surface area contributed by atoms with Crippen LogP contribution in [0.3, 0.4) is 0 Å². The second kappa shape index (κ2) is 16.8. The zero-order chi connectivity index (χ0) is 39.5. The topological polar surface area (TPSA) is 115 Å². The molecule has 0 radical (unpaired) electrons. The van der Waals surface area contributed by atoms with Crippen LogP contribution in [0, 0.1) is 16.9 Å². The van der Waals surface area contributed by atoms with Gasteiger partial charge in [0, 0.05) is 18.0 Å². The van der Waals surface area contributed by atoms with Crippen molar-refractivity contribution < 1.29 is 38.0 Å². The number of pyridine rings is 1. The van der Waals surface area contributed by atoms with Gasteiger partial charge in [-0.05, 0) is 96.4 Å². The molecule has 1 aromatic heterocycles. The lowest BCUT2D eigenvalue weighted by Gasteiger charge is -2.44. The molecular formula is C43H40Cl2FN3O7. The van der Waals surface area contributed by atoms with Crippen molar-refractivity contribution in [2.75, 3.05) is 38.8 Å². The third-order valence-corrected chi connectivity index (χ3v) is 11.4. The third-order valence-electron chi connectivity index (χ3n) is 10.8. The molecule has 56 heavy (non-hydrogen) atoms. The maximum atomic E-state index is 15.2. The number of nitrogens with zero attached hydrogens (tertiary/aromatic N) is 3. The first-order chi connectivity index (χ1) is 27.0. The fourth-order valence-corrected chi connectivity index (χ4v) is 8.49. The Bertz CT molecular complexity index is 2220. The van der Waals surface area contributed by atoms with E-state index in [1.165, 1.54) is 43.6 Å². The average Bonchev–Trinajstić information content (AvgIpc) is 3.20. The minimum absolute atomic E-state index is 0.0299. The summed E-state index contributed by atoms with van der Waals surface area (Å²) in [6.07, 6.45) is 3.58. The molecule has 3 aliphatic heterocycles. The molecule has 2 atom stereocenters. The number of fused-ring (bicyclic) bond motifs is 3. The molecule has 5 aromatic rings. The number of piperidine rings is 3. The largest absolute Gasteiger partial charge is 0.619 e. The maximum absolute atomic E-state index is 15.2. The van der Waals surface area contributed by atoms with E-state index in [1.807, 2.05) is 36.4 Å². The molecule has 3 saturated heterocycles. The normalized spacial score (nSPS) is 17.9. The molecule has 4 heterocycles. The van der Waals surface area contributed by atoms with Crippen LogP contribution in [0.5, 0.6) is 11.5 Å². The monoisotopic (exact) mass is 799 g/mol. The van der Waals surface area contributed by atoms with Crippen LogP contribution in [0.2, 0.25) is 10.0 Å². The first kappa shape index (κ1) is 38.9. The molecular weight excluding hydrogens is 760 g/mol. The number of aromatic nitrogens is 1. The molecule has 2 bridgehead atoms. The van der Waals surface area contributed by atoms with Crippen LogP contribution in [0.25, 0.3) is 11.1 Å². The first-order valence-corrected chi connectivity index (χ1v) is 19.0. The zero-order valence-electron chi connectivity index (χ0n) is 30.8. The van der Waals surface area contributed by atoms with E-state index in [9.17, 15) is 19.9 Å². The van der Waals surface area contributed by atoms with Crippen LogP contribution in [-0.4, -0.2) is 62.0 Å². The Hall–Kier alpha value is -5.36. The van der Waals surface area contributed by atoms with Crippen molar-refractivity contribution in [3.05, 3.63) is 146 Å². The highest BCUT2D eigenvalue weighted by molar-refractivity contribution is 6.35. The average molecular weight is 801 g/mol. The van der Waals surface area contributed by atoms with Gasteiger partial charge in [0.15, 0.2) is 23.9 Å². The standard InChI is InChI=1S/C43H40Cl2FN3O7/c1-54-38-15-14-29(20-39(38)55-2)32(21-33-34(44)23-48(53)24-35(33)45)41-30(6-5-7-31(41)42(50)51)27-12-10-26(11-13-27)22-49(37-9-4-3-8-36(37)46)43(52)56-40-25-47-18-16-28(40)17-19-47/h3-15,20,23-24,28,32,40H,16-19,21-22,25H2,1-2H3,(H,50,51)/t32-,40-/m0/s1. The smallest absolute Gasteiger partial charge is 0.415 e. The Kier molecular flexibility index (Phi) is 11.7. The van der Waals surface area contributed by atoms with Gasteiger partial charge in [-0.15, -0.1) is 0 Å². The molecule has 8 rings (SSSR count). The Balaban J connectivity index is 1.27. The number of methoxy groups -OCH3 is 2. The lowest BCUT2D eigenvalue weighted by molar-refractivity contribution is -0.605. The summed E-state index contributed by atoms with van der Waals surface area (Å²) in [6.45, 7) is 2.68. The lowest BCUT2D eigenvalue weighted by Crippen LogP contribution is -2.53. The molecule has 4 aromatic carbocycles. The van der Waals surface area contributed by atoms with Crippen LogP contribution < -0.4 is 19.1 Å². The summed E-state index contributed by atoms with van der Waals surface area (Å²) < 4.78 is 32.9. The van der Waals surface area contributed by atoms with Crippen LogP contribution in [0.1, 0.15) is 51.4 Å². The van der Waals surface area contributed by atoms with Gasteiger partial charge in [0.05, 0.1) is 32.0 Å². The van der Waals surface area contributed by atoms with Crippen molar-refractivity contribution in [3.63, 3.8) is 0 Å². The van der Waals surface area contributed by atoms with Crippen LogP contribution >= 0.6 is 23.2 Å². The number of anilines is 1. The van der Waals surface area contributed by atoms with E-state index in [0.717, 1.165) is 25.9 Å². The number of carboxylic acid groups (broad SMARTS) is 1. The minimum atomic E-state index is -1.14. The van der Waals surface area contributed by atoms with E-state index in [2.05, 4.69) is 4.90 Å². The number of carboxylic acids is 1. The summed E-state index contributed by atoms with van der Waals surface area (Å²) in [5, 5.41) is 23.0. The SMILES string of the molecule is COc1ccc([C@H](Cc2c(Cl)c[n+]([O-])cc2Cl)c2c(C(=O)O)cccc2-c2ccc(CN(C(=O)O[C@H]3CN4CCC3CC4)c3ccccc3F)cc2)cc1OC. The number of aromatic carboxylic acids is 1. The van der Waals surface area contributed by atoms with E-state index in [-0.39, 0.29) is 46.3 Å². The first-order valence-electron chi connectivity index (χ1n) is 18.2. The fraction of sp³-hybridized carbons (Fsp3) is 0.279. The third kappa shape index (κ3) is 8.11. The van der Waals surface area contributed by atoms with E-state index < -0.39 is 23.8 Å². The predicted molar refractivity (Wildman–Crippen MR) is 211 cm³/mol. The summed E-state index contributed by atoms with van der Waals surface area (Å²) in [6, 6.07) is 23.8. The van der Waals surface area contributed by atoms with Gasteiger partial charge in [0.2, 0.25) is 0 Å². The molecule has 3 fully saturated rings. The van der Waals surface area contributed by atoms with Gasteiger partial charge in [-0.2, -0.15) is 4.73 Å². The predicted octanol–water partition coefficient (Wildman–Crippen LogP) is 8.76. The Morgan fingerprint density at radius 2 is 1.64 bits per heavy atom. The number of hydrogen-bond donors (Lipinski definition) is 1. The Morgan fingerprint density at radius 3 is 2.27 bits per heavy atom. The van der Waals surface area contributed by atoms with Gasteiger partial charge in [0.25, 0.3) is 0 Å². The number of rotatable bonds is 12. The highest BCUT2D eigenvalue weighted by atomic mass is 35.5. The Morgan fingerprint density at radius 1 is 0.946 bits per heavy atom. The minimum Gasteiger partial charge on any atom is -0.619 e. The molecule has 0 spiro atoms. The van der Waals surface area contributed by atoms with Gasteiger partial charge in [-0.1, -0.05) is 77.8 Å². The maximum Gasteiger partial charge on any atom is 0.415 e. The van der Waals surface area contributed by atoms with E-state index >= 15 is 4.39 Å². The summed E-state index contributed by atoms with van der Waals surface area (Å²) in [4.78, 5) is 30.4. The van der Waals surface area contributed by atoms with Crippen molar-refractivity contribution >= 4 is 41.0 Å². The zero-order valence-corrected chi connectivity index (χ0v) is 32.3. The van der Waals surface area contributed by atoms with Crippen LogP contribution in [0.4, 0.5) is 14.9 Å². The molecule has 290 valence electrons. The second-order valence-electron chi connectivity index (χ2n) is 14.0. The second-order valence-corrected chi connectivity index (χ2v) is 14.8. The quantitative estimate of drug-likeness (QED) is 0.0985. The number of carbonyl (C=O) groups excluding carboxylic acids is 1. The molecule has 0 aliphatic carbocycles. The Labute approximate surface area is 334 Å². The summed E-state index contributed by atoms with van der Waals surface area (Å²) >= 11 is 13.2. The molecule has 3 aliphatic rings. The molecule has 0 unspecified atom stereocenters. The van der Waals surface area contributed by atoms with Gasteiger partial charge >= 0.3 is 12.1 Å². The number of para-hydroxylation sites is 1. The van der Waals surface area contributed by atoms with Crippen LogP contribution in [0.15, 0.2) is 97.3 Å². The number of amides is 1. The molecule has 13 heteroatoms. The van der Waals surface area contributed by atoms with E-state index in [0.29, 0.717) is 56.2 Å². The van der Waals surface area contributed by atoms with Gasteiger partial charge in [-0.3, -0.25) is 9.80 Å². The number of halogens is 3. The van der Waals surface area contributed by atoms with Crippen molar-refractivity contribution in [1.29, 1.82) is 0 Å². The molecule has 1 amide bonds. The number of ether oxygens (including phenoxy) is 3. The van der Waals surface area contributed by atoms with E-state index in [4.69, 9.17) is 37.4 Å². The van der Waals surface area contributed by atoms with Crippen LogP contribution in [-0.2, 0) is 17.7 Å². The highest BCUT2D eigenvalue weighted by Gasteiger charge is 2.38. The number of benzene rings is 4. The summed E-state index contributed by atoms with van der Waals surface area (Å²) in [7, 11) is 3.03. The van der Waals surface area contributed by atoms with Crippen molar-refractivity contribution in [1.82, 2.24) is 4.90 Å². The van der Waals surface area contributed by atoms with Crippen molar-refractivity contribution in [2.24, 2.45) is 5.92 Å². The summed E-state index contributed by atoms with van der Waals surface area (Å²) in [5.41, 5.74) is 3.78. The van der Waals surface area contributed by atoms with Crippen molar-refractivity contribution in [2.45, 2.75) is 37.8 Å². The van der Waals surface area contributed by atoms with Gasteiger partial charge < -0.3 is 24.5 Å². The van der Waals surface area contributed by atoms with E-state index in [1.54, 1.807) is 36.4 Å². The van der Waals surface area contributed by atoms with Crippen molar-refractivity contribution in [3.8, 4) is 22.6 Å². The number of carbonyl (C=O) groups is 2. The number of hydrogen-bond acceptors (Lipinski definition) is 7. The highest BCUT2D eigenvalue weighted by Crippen LogP contribution is 2.43. The van der Waals surface area contributed by atoms with Gasteiger partial charge in [0.1, 0.15) is 22.0 Å². The molecule has 1 N–H and O–H groups in total. The molecule has 0 saturated carbocycles. The van der Waals surface area contributed by atoms with Gasteiger partial charge in [-0.25, -0.2) is 14.0 Å². The lowest BCUT2D eigenvalue weighted by atomic mass is 9.79. The fourth-order valence-electron chi connectivity index (χ4n) is 7.89.